The average Bonchev–Trinajstić information content (AvgIpc) is 3.01. The molecule has 2 aliphatic heterocycles. The van der Waals surface area contributed by atoms with Crippen LogP contribution in [0.1, 0.15) is 55.7 Å². The van der Waals surface area contributed by atoms with Crippen molar-refractivity contribution in [3.8, 4) is 5.75 Å². The standard InChI is InChI=1S/C22H26N2O2.C10H13NO.C2H6/c1-17-6-2-3-7-19(17)18-10-12-23(13-11-18)14-15-24-20-8-4-5-9-21(20)26-16-22(24)25;12-9-11-8-4-7-10-5-2-1-3-6-10;1-2/h2-9,18H,10-16H2,1H3;1-3,5-6,9H,4,7-8H2,(H,11,12);1-2H3. The molecule has 214 valence electrons. The molecule has 6 nitrogen and oxygen atoms in total. The van der Waals surface area contributed by atoms with Crippen LogP contribution >= 0.6 is 0 Å². The number of ether oxygens (including phenoxy) is 1. The Morgan fingerprint density at radius 3 is 2.30 bits per heavy atom. The highest BCUT2D eigenvalue weighted by Gasteiger charge is 2.27. The van der Waals surface area contributed by atoms with Gasteiger partial charge in [-0.05, 0) is 80.4 Å². The Kier molecular flexibility index (Phi) is 13.2. The van der Waals surface area contributed by atoms with Crippen molar-refractivity contribution in [2.45, 2.75) is 52.4 Å². The predicted octanol–water partition coefficient (Wildman–Crippen LogP) is 5.99. The van der Waals surface area contributed by atoms with Crippen LogP contribution < -0.4 is 15.0 Å². The molecule has 1 fully saturated rings. The first kappa shape index (κ1) is 30.9. The Morgan fingerprint density at radius 1 is 0.900 bits per heavy atom. The number of likely N-dealkylation sites (tertiary alicyclic amines) is 1. The first-order chi connectivity index (χ1) is 19.7. The van der Waals surface area contributed by atoms with Gasteiger partial charge in [-0.3, -0.25) is 9.59 Å². The summed E-state index contributed by atoms with van der Waals surface area (Å²) in [5.74, 6) is 1.53. The van der Waals surface area contributed by atoms with Crippen LogP contribution in [0.15, 0.2) is 78.9 Å². The summed E-state index contributed by atoms with van der Waals surface area (Å²) in [6, 6.07) is 26.8. The van der Waals surface area contributed by atoms with Crippen LogP contribution in [-0.2, 0) is 16.0 Å². The summed E-state index contributed by atoms with van der Waals surface area (Å²) < 4.78 is 5.53. The molecule has 3 aromatic carbocycles. The van der Waals surface area contributed by atoms with Gasteiger partial charge in [0.1, 0.15) is 5.75 Å². The van der Waals surface area contributed by atoms with E-state index in [0.717, 1.165) is 63.4 Å². The fraction of sp³-hybridized carbons (Fsp3) is 0.412. The molecule has 3 aromatic rings. The molecule has 40 heavy (non-hydrogen) atoms. The van der Waals surface area contributed by atoms with Gasteiger partial charge in [0.2, 0.25) is 6.41 Å². The maximum atomic E-state index is 12.3. The first-order valence-corrected chi connectivity index (χ1v) is 14.7. The largest absolute Gasteiger partial charge is 0.482 e. The van der Waals surface area contributed by atoms with E-state index in [1.807, 2.05) is 61.2 Å². The minimum atomic E-state index is 0.0542. The number of aryl methyl sites for hydroxylation is 2. The molecule has 0 aromatic heterocycles. The number of benzene rings is 3. The number of carbonyl (C=O) groups is 2. The van der Waals surface area contributed by atoms with E-state index < -0.39 is 0 Å². The fourth-order valence-corrected chi connectivity index (χ4v) is 5.25. The molecule has 6 heteroatoms. The SMILES string of the molecule is CC.Cc1ccccc1C1CCN(CCN2C(=O)COc3ccccc32)CC1.O=CNCCCc1ccccc1. The minimum Gasteiger partial charge on any atom is -0.482 e. The molecular weight excluding hydrogens is 498 g/mol. The molecular formula is C34H45N3O3. The zero-order valence-electron chi connectivity index (χ0n) is 24.4. The molecule has 0 aliphatic carbocycles. The highest BCUT2D eigenvalue weighted by atomic mass is 16.5. The second-order valence-corrected chi connectivity index (χ2v) is 9.94. The van der Waals surface area contributed by atoms with Crippen LogP contribution in [0.4, 0.5) is 5.69 Å². The topological polar surface area (TPSA) is 61.9 Å². The van der Waals surface area contributed by atoms with E-state index in [9.17, 15) is 9.59 Å². The summed E-state index contributed by atoms with van der Waals surface area (Å²) in [5.41, 5.74) is 5.13. The Hall–Kier alpha value is -3.64. The average molecular weight is 544 g/mol. The van der Waals surface area contributed by atoms with Crippen molar-refractivity contribution >= 4 is 18.0 Å². The van der Waals surface area contributed by atoms with Crippen LogP contribution in [0.2, 0.25) is 0 Å². The van der Waals surface area contributed by atoms with Gasteiger partial charge in [0.15, 0.2) is 6.61 Å². The van der Waals surface area contributed by atoms with Gasteiger partial charge in [-0.2, -0.15) is 0 Å². The molecule has 0 atom stereocenters. The van der Waals surface area contributed by atoms with Gasteiger partial charge in [-0.1, -0.05) is 80.6 Å². The lowest BCUT2D eigenvalue weighted by Gasteiger charge is -2.35. The maximum Gasteiger partial charge on any atom is 0.265 e. The lowest BCUT2D eigenvalue weighted by molar-refractivity contribution is -0.121. The fourth-order valence-electron chi connectivity index (χ4n) is 5.25. The van der Waals surface area contributed by atoms with Gasteiger partial charge in [0.25, 0.3) is 5.91 Å². The van der Waals surface area contributed by atoms with Gasteiger partial charge in [-0.25, -0.2) is 0 Å². The molecule has 0 radical (unpaired) electrons. The third-order valence-electron chi connectivity index (χ3n) is 7.38. The third-order valence-corrected chi connectivity index (χ3v) is 7.38. The summed E-state index contributed by atoms with van der Waals surface area (Å²) in [4.78, 5) is 26.6. The Labute approximate surface area is 240 Å². The van der Waals surface area contributed by atoms with Crippen LogP contribution in [0.5, 0.6) is 5.75 Å². The van der Waals surface area contributed by atoms with E-state index in [2.05, 4.69) is 53.5 Å². The number of nitrogens with one attached hydrogen (secondary N) is 1. The highest BCUT2D eigenvalue weighted by molar-refractivity contribution is 5.97. The molecule has 2 heterocycles. The van der Waals surface area contributed by atoms with E-state index in [0.29, 0.717) is 5.92 Å². The Bertz CT molecular complexity index is 1160. The molecule has 0 bridgehead atoms. The normalized spacial score (nSPS) is 15.0. The zero-order valence-corrected chi connectivity index (χ0v) is 24.4. The maximum absolute atomic E-state index is 12.3. The van der Waals surface area contributed by atoms with E-state index in [-0.39, 0.29) is 12.5 Å². The Balaban J connectivity index is 0.000000265. The van der Waals surface area contributed by atoms with Crippen molar-refractivity contribution in [3.05, 3.63) is 95.6 Å². The summed E-state index contributed by atoms with van der Waals surface area (Å²) in [6.07, 6.45) is 5.16. The number of rotatable bonds is 9. The van der Waals surface area contributed by atoms with Crippen molar-refractivity contribution in [2.24, 2.45) is 0 Å². The van der Waals surface area contributed by atoms with E-state index in [1.54, 1.807) is 0 Å². The number of amides is 2. The van der Waals surface area contributed by atoms with Crippen molar-refractivity contribution in [2.75, 3.05) is 44.2 Å². The van der Waals surface area contributed by atoms with Gasteiger partial charge in [0.05, 0.1) is 5.69 Å². The second kappa shape index (κ2) is 17.1. The number of anilines is 1. The summed E-state index contributed by atoms with van der Waals surface area (Å²) in [5, 5.41) is 2.64. The van der Waals surface area contributed by atoms with E-state index in [4.69, 9.17) is 4.74 Å². The lowest BCUT2D eigenvalue weighted by Crippen LogP contribution is -2.44. The molecule has 2 amide bonds. The number of hydrogen-bond acceptors (Lipinski definition) is 4. The number of nitrogens with zero attached hydrogens (tertiary/aromatic N) is 2. The van der Waals surface area contributed by atoms with Crippen molar-refractivity contribution in [3.63, 3.8) is 0 Å². The van der Waals surface area contributed by atoms with Gasteiger partial charge >= 0.3 is 0 Å². The molecule has 1 N–H and O–H groups in total. The van der Waals surface area contributed by atoms with Crippen LogP contribution in [0.25, 0.3) is 0 Å². The quantitative estimate of drug-likeness (QED) is 0.266. The monoisotopic (exact) mass is 543 g/mol. The van der Waals surface area contributed by atoms with Crippen molar-refractivity contribution < 1.29 is 14.3 Å². The van der Waals surface area contributed by atoms with Crippen molar-refractivity contribution in [1.82, 2.24) is 10.2 Å². The molecule has 5 rings (SSSR count). The van der Waals surface area contributed by atoms with Gasteiger partial charge in [-0.15, -0.1) is 0 Å². The van der Waals surface area contributed by atoms with Crippen LogP contribution in [0.3, 0.4) is 0 Å². The summed E-state index contributed by atoms with van der Waals surface area (Å²) in [7, 11) is 0. The molecule has 0 spiro atoms. The Morgan fingerprint density at radius 2 is 1.57 bits per heavy atom. The number of piperidine rings is 1. The minimum absolute atomic E-state index is 0.0542. The first-order valence-electron chi connectivity index (χ1n) is 14.7. The summed E-state index contributed by atoms with van der Waals surface area (Å²) in [6.45, 7) is 11.0. The third kappa shape index (κ3) is 9.23. The smallest absolute Gasteiger partial charge is 0.265 e. The lowest BCUT2D eigenvalue weighted by atomic mass is 9.87. The van der Waals surface area contributed by atoms with Gasteiger partial charge in [0, 0.05) is 19.6 Å². The molecule has 1 saturated heterocycles. The van der Waals surface area contributed by atoms with E-state index in [1.165, 1.54) is 29.5 Å². The van der Waals surface area contributed by atoms with Crippen LogP contribution in [0, 0.1) is 6.92 Å². The molecule has 0 saturated carbocycles. The second-order valence-electron chi connectivity index (χ2n) is 9.94. The summed E-state index contributed by atoms with van der Waals surface area (Å²) >= 11 is 0. The predicted molar refractivity (Wildman–Crippen MR) is 164 cm³/mol. The van der Waals surface area contributed by atoms with Gasteiger partial charge < -0.3 is 19.9 Å². The highest BCUT2D eigenvalue weighted by Crippen LogP contribution is 2.32. The van der Waals surface area contributed by atoms with E-state index >= 15 is 0 Å². The van der Waals surface area contributed by atoms with Crippen molar-refractivity contribution in [1.29, 1.82) is 0 Å². The number of fused-ring (bicyclic) bond motifs is 1. The zero-order chi connectivity index (χ0) is 28.6. The number of carbonyl (C=O) groups excluding carboxylic acids is 2. The number of para-hydroxylation sites is 2. The molecule has 2 aliphatic rings. The van der Waals surface area contributed by atoms with Crippen LogP contribution in [-0.4, -0.2) is 56.5 Å². The number of hydrogen-bond donors (Lipinski definition) is 1. The molecule has 0 unspecified atom stereocenters.